The van der Waals surface area contributed by atoms with Crippen molar-refractivity contribution >= 4 is 5.57 Å². The largest absolute Gasteiger partial charge is 0.396 e. The van der Waals surface area contributed by atoms with Crippen LogP contribution in [0.15, 0.2) is 36.4 Å². The maximum Gasteiger partial charge on any atom is 0.0512 e. The quantitative estimate of drug-likeness (QED) is 0.793. The first-order valence-electron chi connectivity index (χ1n) is 7.43. The zero-order valence-electron chi connectivity index (χ0n) is 11.9. The van der Waals surface area contributed by atoms with Crippen molar-refractivity contribution in [1.82, 2.24) is 4.90 Å². The van der Waals surface area contributed by atoms with Crippen LogP contribution in [0.4, 0.5) is 0 Å². The first kappa shape index (κ1) is 14.3. The van der Waals surface area contributed by atoms with Gasteiger partial charge in [0.1, 0.15) is 0 Å². The fourth-order valence-corrected chi connectivity index (χ4v) is 2.79. The van der Waals surface area contributed by atoms with Gasteiger partial charge in [-0.25, -0.2) is 0 Å². The Balaban J connectivity index is 2.01. The van der Waals surface area contributed by atoms with Crippen LogP contribution in [0.2, 0.25) is 0 Å². The average molecular weight is 259 g/mol. The fourth-order valence-electron chi connectivity index (χ4n) is 2.79. The average Bonchev–Trinajstić information content (AvgIpc) is 2.48. The second kappa shape index (κ2) is 7.46. The van der Waals surface area contributed by atoms with Crippen molar-refractivity contribution in [1.29, 1.82) is 0 Å². The Morgan fingerprint density at radius 3 is 2.68 bits per heavy atom. The van der Waals surface area contributed by atoms with E-state index in [4.69, 9.17) is 0 Å². The van der Waals surface area contributed by atoms with Crippen LogP contribution in [-0.2, 0) is 0 Å². The first-order valence-corrected chi connectivity index (χ1v) is 7.43. The van der Waals surface area contributed by atoms with Gasteiger partial charge in [0.05, 0.1) is 6.61 Å². The molecule has 1 aliphatic heterocycles. The van der Waals surface area contributed by atoms with Crippen LogP contribution in [0.25, 0.3) is 5.57 Å². The lowest BCUT2D eigenvalue weighted by atomic mass is 9.89. The monoisotopic (exact) mass is 259 g/mol. The van der Waals surface area contributed by atoms with Gasteiger partial charge in [-0.05, 0) is 24.1 Å². The normalized spacial score (nSPS) is 20.3. The summed E-state index contributed by atoms with van der Waals surface area (Å²) < 4.78 is 0. The molecule has 0 saturated heterocycles. The van der Waals surface area contributed by atoms with Crippen molar-refractivity contribution in [2.75, 3.05) is 26.2 Å². The maximum atomic E-state index is 9.64. The molecule has 19 heavy (non-hydrogen) atoms. The minimum absolute atomic E-state index is 0.241. The number of nitrogens with zero attached hydrogens (tertiary/aromatic N) is 1. The van der Waals surface area contributed by atoms with Gasteiger partial charge in [0.25, 0.3) is 0 Å². The highest BCUT2D eigenvalue weighted by atomic mass is 16.3. The number of hydrogen-bond acceptors (Lipinski definition) is 2. The third-order valence-electron chi connectivity index (χ3n) is 3.89. The molecule has 2 rings (SSSR count). The van der Waals surface area contributed by atoms with Crippen LogP contribution in [-0.4, -0.2) is 36.2 Å². The summed E-state index contributed by atoms with van der Waals surface area (Å²) in [4.78, 5) is 2.46. The molecule has 1 N–H and O–H groups in total. The van der Waals surface area contributed by atoms with Gasteiger partial charge in [0, 0.05) is 19.0 Å². The molecular formula is C17H25NO. The van der Waals surface area contributed by atoms with E-state index in [9.17, 15) is 5.11 Å². The summed E-state index contributed by atoms with van der Waals surface area (Å²) in [5.41, 5.74) is 2.57. The van der Waals surface area contributed by atoms with Crippen molar-refractivity contribution < 1.29 is 5.11 Å². The number of unbranched alkanes of at least 4 members (excludes halogenated alkanes) is 2. The molecule has 0 saturated carbocycles. The van der Waals surface area contributed by atoms with E-state index in [1.807, 2.05) is 6.07 Å². The number of rotatable bonds is 6. The lowest BCUT2D eigenvalue weighted by Gasteiger charge is -2.32. The Kier molecular flexibility index (Phi) is 5.62. The molecule has 1 aromatic rings. The number of benzene rings is 1. The van der Waals surface area contributed by atoms with Gasteiger partial charge in [0.15, 0.2) is 0 Å². The molecule has 0 aromatic heterocycles. The molecule has 0 amide bonds. The lowest BCUT2D eigenvalue weighted by molar-refractivity contribution is 0.191. The van der Waals surface area contributed by atoms with Gasteiger partial charge in [-0.2, -0.15) is 0 Å². The number of hydrogen-bond donors (Lipinski definition) is 1. The second-order valence-electron chi connectivity index (χ2n) is 5.37. The van der Waals surface area contributed by atoms with Crippen LogP contribution < -0.4 is 0 Å². The van der Waals surface area contributed by atoms with E-state index >= 15 is 0 Å². The van der Waals surface area contributed by atoms with Crippen LogP contribution in [0.5, 0.6) is 0 Å². The van der Waals surface area contributed by atoms with Crippen LogP contribution >= 0.6 is 0 Å². The SMILES string of the molecule is CCCCCN1CC=C(c2ccccc2)C(CO)C1. The van der Waals surface area contributed by atoms with E-state index in [1.54, 1.807) is 0 Å². The maximum absolute atomic E-state index is 9.64. The van der Waals surface area contributed by atoms with Crippen LogP contribution in [0, 0.1) is 5.92 Å². The molecule has 1 unspecified atom stereocenters. The minimum atomic E-state index is 0.241. The number of aliphatic hydroxyl groups excluding tert-OH is 1. The highest BCUT2D eigenvalue weighted by Gasteiger charge is 2.22. The van der Waals surface area contributed by atoms with E-state index in [0.717, 1.165) is 19.6 Å². The molecule has 2 nitrogen and oxygen atoms in total. The zero-order valence-corrected chi connectivity index (χ0v) is 11.9. The lowest BCUT2D eigenvalue weighted by Crippen LogP contribution is -2.36. The third-order valence-corrected chi connectivity index (χ3v) is 3.89. The van der Waals surface area contributed by atoms with E-state index in [2.05, 4.69) is 42.2 Å². The molecule has 0 radical (unpaired) electrons. The van der Waals surface area contributed by atoms with Gasteiger partial charge in [-0.1, -0.05) is 56.2 Å². The summed E-state index contributed by atoms with van der Waals surface area (Å²) >= 11 is 0. The van der Waals surface area contributed by atoms with Crippen LogP contribution in [0.1, 0.15) is 31.7 Å². The number of aliphatic hydroxyl groups is 1. The topological polar surface area (TPSA) is 23.5 Å². The second-order valence-corrected chi connectivity index (χ2v) is 5.37. The molecule has 1 aliphatic rings. The molecular weight excluding hydrogens is 234 g/mol. The van der Waals surface area contributed by atoms with Crippen molar-refractivity contribution in [2.24, 2.45) is 5.92 Å². The summed E-state index contributed by atoms with van der Waals surface area (Å²) in [5.74, 6) is 0.262. The van der Waals surface area contributed by atoms with Crippen molar-refractivity contribution in [3.05, 3.63) is 42.0 Å². The van der Waals surface area contributed by atoms with E-state index < -0.39 is 0 Å². The first-order chi connectivity index (χ1) is 9.35. The van der Waals surface area contributed by atoms with Crippen molar-refractivity contribution in [3.63, 3.8) is 0 Å². The molecule has 1 aromatic carbocycles. The Morgan fingerprint density at radius 2 is 2.00 bits per heavy atom. The molecule has 1 atom stereocenters. The van der Waals surface area contributed by atoms with Gasteiger partial charge in [-0.15, -0.1) is 0 Å². The molecule has 0 spiro atoms. The summed E-state index contributed by atoms with van der Waals surface area (Å²) in [6.07, 6.45) is 6.13. The molecule has 2 heteroatoms. The standard InChI is InChI=1S/C17H25NO/c1-2-3-7-11-18-12-10-17(16(13-18)14-19)15-8-5-4-6-9-15/h4-6,8-10,16,19H,2-3,7,11-14H2,1H3. The Morgan fingerprint density at radius 1 is 1.21 bits per heavy atom. The molecule has 0 bridgehead atoms. The summed E-state index contributed by atoms with van der Waals surface area (Å²) in [7, 11) is 0. The summed E-state index contributed by atoms with van der Waals surface area (Å²) in [6, 6.07) is 10.5. The molecule has 104 valence electrons. The fraction of sp³-hybridized carbons (Fsp3) is 0.529. The summed E-state index contributed by atoms with van der Waals surface area (Å²) in [6.45, 7) is 5.64. The zero-order chi connectivity index (χ0) is 13.5. The van der Waals surface area contributed by atoms with Crippen LogP contribution in [0.3, 0.4) is 0 Å². The highest BCUT2D eigenvalue weighted by molar-refractivity contribution is 5.68. The van der Waals surface area contributed by atoms with E-state index in [1.165, 1.54) is 30.4 Å². The van der Waals surface area contributed by atoms with E-state index in [0.29, 0.717) is 0 Å². The van der Waals surface area contributed by atoms with Gasteiger partial charge in [-0.3, -0.25) is 4.90 Å². The predicted molar refractivity (Wildman–Crippen MR) is 81.0 cm³/mol. The molecule has 0 fully saturated rings. The Labute approximate surface area is 116 Å². The highest BCUT2D eigenvalue weighted by Crippen LogP contribution is 2.27. The minimum Gasteiger partial charge on any atom is -0.396 e. The third kappa shape index (κ3) is 3.92. The van der Waals surface area contributed by atoms with Crippen molar-refractivity contribution in [3.8, 4) is 0 Å². The Hall–Kier alpha value is -1.12. The molecule has 0 aliphatic carbocycles. The van der Waals surface area contributed by atoms with Gasteiger partial charge < -0.3 is 5.11 Å². The van der Waals surface area contributed by atoms with E-state index in [-0.39, 0.29) is 12.5 Å². The predicted octanol–water partition coefficient (Wildman–Crippen LogP) is 3.18. The summed E-state index contributed by atoms with van der Waals surface area (Å²) in [5, 5.41) is 9.64. The molecule has 1 heterocycles. The van der Waals surface area contributed by atoms with Gasteiger partial charge in [0.2, 0.25) is 0 Å². The Bertz CT molecular complexity index is 399. The van der Waals surface area contributed by atoms with Crippen molar-refractivity contribution in [2.45, 2.75) is 26.2 Å². The van der Waals surface area contributed by atoms with Gasteiger partial charge >= 0.3 is 0 Å². The smallest absolute Gasteiger partial charge is 0.0512 e.